The summed E-state index contributed by atoms with van der Waals surface area (Å²) in [4.78, 5) is 0. The molecule has 1 aliphatic heterocycles. The Morgan fingerprint density at radius 2 is 1.92 bits per heavy atom. The molecule has 1 aliphatic carbocycles. The zero-order valence-electron chi connectivity index (χ0n) is 6.07. The van der Waals surface area contributed by atoms with Crippen molar-refractivity contribution in [1.82, 2.24) is 0 Å². The van der Waals surface area contributed by atoms with Crippen LogP contribution in [0.15, 0.2) is 23.6 Å². The van der Waals surface area contributed by atoms with Gasteiger partial charge in [-0.3, -0.25) is 0 Å². The van der Waals surface area contributed by atoms with Gasteiger partial charge in [0.25, 0.3) is 5.85 Å². The molecule has 2 unspecified atom stereocenters. The van der Waals surface area contributed by atoms with Gasteiger partial charge in [-0.15, -0.1) is 0 Å². The summed E-state index contributed by atoms with van der Waals surface area (Å²) in [6.45, 7) is 0. The molecule has 1 fully saturated rings. The molecule has 1 nitrogen and oxygen atoms in total. The smallest absolute Gasteiger partial charge is 0.295 e. The average molecular weight is 205 g/mol. The van der Waals surface area contributed by atoms with E-state index in [1.165, 1.54) is 0 Å². The minimum Gasteiger partial charge on any atom is -0.324 e. The fraction of sp³-hybridized carbons (Fsp3) is 0.333. The zero-order valence-corrected chi connectivity index (χ0v) is 9.20. The molecular formula is C6H2F4KO. The molecule has 61 valence electrons. The van der Waals surface area contributed by atoms with Crippen molar-refractivity contribution in [2.45, 2.75) is 12.0 Å². The van der Waals surface area contributed by atoms with Gasteiger partial charge in [0.15, 0.2) is 11.7 Å². The SMILES string of the molecule is FC1=CC2OC2(F)C(F)=C1F.[K]. The summed E-state index contributed by atoms with van der Waals surface area (Å²) >= 11 is 0. The van der Waals surface area contributed by atoms with E-state index < -0.39 is 29.4 Å². The van der Waals surface area contributed by atoms with E-state index in [2.05, 4.69) is 4.74 Å². The molecular weight excluding hydrogens is 203 g/mol. The molecule has 1 heterocycles. The van der Waals surface area contributed by atoms with Crippen molar-refractivity contribution in [3.05, 3.63) is 23.6 Å². The van der Waals surface area contributed by atoms with Gasteiger partial charge in [-0.05, 0) is 6.08 Å². The first-order valence-electron chi connectivity index (χ1n) is 2.86. The maximum atomic E-state index is 12.7. The molecule has 0 saturated carbocycles. The number of fused-ring (bicyclic) bond motifs is 1. The standard InChI is InChI=1S/C6H2F4O.K/c7-2-1-3-6(10,11-3)5(9)4(2)8;/h1,3H;. The first-order valence-corrected chi connectivity index (χ1v) is 2.86. The maximum absolute atomic E-state index is 12.7. The van der Waals surface area contributed by atoms with E-state index in [1.54, 1.807) is 0 Å². The van der Waals surface area contributed by atoms with E-state index in [1.807, 2.05) is 0 Å². The molecule has 12 heavy (non-hydrogen) atoms. The summed E-state index contributed by atoms with van der Waals surface area (Å²) < 4.78 is 53.5. The first-order chi connectivity index (χ1) is 5.05. The molecule has 0 spiro atoms. The fourth-order valence-electron chi connectivity index (χ4n) is 0.929. The summed E-state index contributed by atoms with van der Waals surface area (Å²) in [5.41, 5.74) is 0. The Morgan fingerprint density at radius 3 is 2.50 bits per heavy atom. The Balaban J connectivity index is 0.000000720. The van der Waals surface area contributed by atoms with Crippen LogP contribution >= 0.6 is 0 Å². The van der Waals surface area contributed by atoms with Crippen LogP contribution in [0.4, 0.5) is 17.6 Å². The quantitative estimate of drug-likeness (QED) is 0.333. The second-order valence-corrected chi connectivity index (χ2v) is 2.33. The predicted octanol–water partition coefficient (Wildman–Crippen LogP) is 1.69. The van der Waals surface area contributed by atoms with Crippen molar-refractivity contribution >= 4 is 51.4 Å². The van der Waals surface area contributed by atoms with E-state index in [-0.39, 0.29) is 51.4 Å². The largest absolute Gasteiger partial charge is 0.324 e. The average Bonchev–Trinajstić information content (AvgIpc) is 2.59. The zero-order chi connectivity index (χ0) is 8.22. The topological polar surface area (TPSA) is 12.5 Å². The molecule has 0 aromatic rings. The molecule has 2 aliphatic rings. The van der Waals surface area contributed by atoms with Crippen LogP contribution in [-0.4, -0.2) is 63.3 Å². The van der Waals surface area contributed by atoms with Gasteiger partial charge < -0.3 is 4.74 Å². The number of rotatable bonds is 0. The number of hydrogen-bond donors (Lipinski definition) is 0. The maximum Gasteiger partial charge on any atom is 0.295 e. The number of halogens is 4. The minimum absolute atomic E-state index is 0. The van der Waals surface area contributed by atoms with Crippen molar-refractivity contribution < 1.29 is 22.3 Å². The van der Waals surface area contributed by atoms with Crippen LogP contribution in [0.25, 0.3) is 0 Å². The summed E-state index contributed by atoms with van der Waals surface area (Å²) in [5, 5.41) is 0. The second-order valence-electron chi connectivity index (χ2n) is 2.33. The molecule has 2 rings (SSSR count). The Kier molecular flexibility index (Phi) is 2.88. The number of hydrogen-bond acceptors (Lipinski definition) is 1. The van der Waals surface area contributed by atoms with Gasteiger partial charge in [-0.1, -0.05) is 0 Å². The fourth-order valence-corrected chi connectivity index (χ4v) is 0.929. The Morgan fingerprint density at radius 1 is 1.33 bits per heavy atom. The van der Waals surface area contributed by atoms with Crippen LogP contribution in [0.2, 0.25) is 0 Å². The van der Waals surface area contributed by atoms with Crippen molar-refractivity contribution in [3.63, 3.8) is 0 Å². The number of ether oxygens (including phenoxy) is 1. The van der Waals surface area contributed by atoms with Gasteiger partial charge in [0.1, 0.15) is 6.10 Å². The van der Waals surface area contributed by atoms with Gasteiger partial charge >= 0.3 is 0 Å². The van der Waals surface area contributed by atoms with E-state index >= 15 is 0 Å². The van der Waals surface area contributed by atoms with Crippen molar-refractivity contribution in [1.29, 1.82) is 0 Å². The van der Waals surface area contributed by atoms with Gasteiger partial charge in [0.05, 0.1) is 0 Å². The van der Waals surface area contributed by atoms with Crippen LogP contribution in [0.3, 0.4) is 0 Å². The summed E-state index contributed by atoms with van der Waals surface area (Å²) in [5.74, 6) is -7.73. The molecule has 0 bridgehead atoms. The van der Waals surface area contributed by atoms with Crippen LogP contribution in [0.5, 0.6) is 0 Å². The van der Waals surface area contributed by atoms with E-state index in [9.17, 15) is 17.6 Å². The van der Waals surface area contributed by atoms with Crippen molar-refractivity contribution in [2.24, 2.45) is 0 Å². The van der Waals surface area contributed by atoms with E-state index in [0.29, 0.717) is 6.08 Å². The predicted molar refractivity (Wildman–Crippen MR) is 32.9 cm³/mol. The normalized spacial score (nSPS) is 38.3. The Bertz CT molecular complexity index is 287. The third kappa shape index (κ3) is 1.34. The Labute approximate surface area is 108 Å². The van der Waals surface area contributed by atoms with Crippen molar-refractivity contribution in [2.75, 3.05) is 0 Å². The molecule has 1 saturated heterocycles. The van der Waals surface area contributed by atoms with Gasteiger partial charge in [0.2, 0.25) is 5.83 Å². The van der Waals surface area contributed by atoms with Crippen LogP contribution in [-0.2, 0) is 4.74 Å². The van der Waals surface area contributed by atoms with Crippen molar-refractivity contribution in [3.8, 4) is 0 Å². The first kappa shape index (κ1) is 10.9. The van der Waals surface area contributed by atoms with Gasteiger partial charge in [0, 0.05) is 51.4 Å². The number of allylic oxidation sites excluding steroid dienone is 2. The molecule has 6 heteroatoms. The van der Waals surface area contributed by atoms with Crippen LogP contribution in [0.1, 0.15) is 0 Å². The van der Waals surface area contributed by atoms with Gasteiger partial charge in [-0.2, -0.15) is 0 Å². The molecule has 2 atom stereocenters. The third-order valence-electron chi connectivity index (χ3n) is 1.61. The molecule has 0 amide bonds. The van der Waals surface area contributed by atoms with Gasteiger partial charge in [-0.25, -0.2) is 17.6 Å². The molecule has 0 N–H and O–H groups in total. The monoisotopic (exact) mass is 205 g/mol. The molecule has 0 aromatic carbocycles. The number of alkyl halides is 1. The molecule has 1 radical (unpaired) electrons. The third-order valence-corrected chi connectivity index (χ3v) is 1.61. The Hall–Kier alpha value is 0.796. The second kappa shape index (κ2) is 3.18. The summed E-state index contributed by atoms with van der Waals surface area (Å²) in [7, 11) is 0. The molecule has 0 aromatic heterocycles. The van der Waals surface area contributed by atoms with E-state index in [0.717, 1.165) is 0 Å². The summed E-state index contributed by atoms with van der Waals surface area (Å²) in [6, 6.07) is 0. The summed E-state index contributed by atoms with van der Waals surface area (Å²) in [6.07, 6.45) is -0.722. The van der Waals surface area contributed by atoms with E-state index in [4.69, 9.17) is 0 Å². The number of epoxide rings is 1. The van der Waals surface area contributed by atoms with Crippen LogP contribution < -0.4 is 0 Å². The minimum atomic E-state index is -2.72. The van der Waals surface area contributed by atoms with Crippen LogP contribution in [0, 0.1) is 0 Å².